The van der Waals surface area contributed by atoms with Gasteiger partial charge in [0, 0.05) is 6.92 Å². The molecule has 0 radical (unpaired) electrons. The minimum Gasteiger partial charge on any atom is -0.479 e. The van der Waals surface area contributed by atoms with Gasteiger partial charge >= 0.3 is 17.9 Å². The van der Waals surface area contributed by atoms with E-state index < -0.39 is 304 Å². The molecule has 7 heterocycles. The molecule has 0 amide bonds. The van der Waals surface area contributed by atoms with E-state index in [-0.39, 0.29) is 25.2 Å². The second-order valence-corrected chi connectivity index (χ2v) is 34.2. The lowest BCUT2D eigenvalue weighted by atomic mass is 9.33. The zero-order valence-electron chi connectivity index (χ0n) is 62.5. The molecule has 43 unspecified atom stereocenters. The van der Waals surface area contributed by atoms with Gasteiger partial charge in [-0.25, -0.2) is 4.79 Å². The number of carboxylic acid groups (broad SMARTS) is 1. The highest BCUT2D eigenvalue weighted by atomic mass is 16.8. The molecule has 43 atom stereocenters. The van der Waals surface area contributed by atoms with Crippen LogP contribution in [0.2, 0.25) is 0 Å². The monoisotopic (exact) mass is 1580 g/mol. The van der Waals surface area contributed by atoms with Gasteiger partial charge in [-0.2, -0.15) is 0 Å². The van der Waals surface area contributed by atoms with Crippen LogP contribution in [0.1, 0.15) is 120 Å². The van der Waals surface area contributed by atoms with Crippen molar-refractivity contribution < 1.29 is 187 Å². The molecule has 19 N–H and O–H groups in total. The predicted molar refractivity (Wildman–Crippen MR) is 358 cm³/mol. The third-order valence-electron chi connectivity index (χ3n) is 27.1. The number of carboxylic acids is 1. The summed E-state index contributed by atoms with van der Waals surface area (Å²) in [4.78, 5) is 55.1. The summed E-state index contributed by atoms with van der Waals surface area (Å²) in [6.07, 6.45) is -59.0. The lowest BCUT2D eigenvalue weighted by molar-refractivity contribution is -0.394. The molecule has 0 aromatic heterocycles. The van der Waals surface area contributed by atoms with Crippen LogP contribution in [0.4, 0.5) is 0 Å². The van der Waals surface area contributed by atoms with Crippen LogP contribution in [-0.4, -0.2) is 363 Å². The van der Waals surface area contributed by atoms with Gasteiger partial charge in [-0.1, -0.05) is 53.2 Å². The molecule has 11 fully saturated rings. The first-order valence-corrected chi connectivity index (χ1v) is 37.9. The Morgan fingerprint density at radius 1 is 0.509 bits per heavy atom. The zero-order chi connectivity index (χ0) is 80.5. The summed E-state index contributed by atoms with van der Waals surface area (Å²) in [7, 11) is 0. The molecule has 7 aliphatic heterocycles. The number of ether oxygens (including phenoxy) is 15. The molecule has 0 aromatic rings. The number of hydrogen-bond acceptors (Lipinski definition) is 37. The maximum Gasteiger partial charge on any atom is 0.335 e. The van der Waals surface area contributed by atoms with E-state index in [4.69, 9.17) is 71.1 Å². The van der Waals surface area contributed by atoms with Crippen LogP contribution in [0.15, 0.2) is 11.6 Å². The van der Waals surface area contributed by atoms with E-state index in [1.54, 1.807) is 6.92 Å². The first kappa shape index (κ1) is 85.9. The molecular weight excluding hydrogens is 1470 g/mol. The third-order valence-corrected chi connectivity index (χ3v) is 27.1. The zero-order valence-corrected chi connectivity index (χ0v) is 62.5. The average molecular weight is 1590 g/mol. The van der Waals surface area contributed by atoms with Crippen molar-refractivity contribution in [3.63, 3.8) is 0 Å². The number of aliphatic carboxylic acids is 1. The van der Waals surface area contributed by atoms with Crippen molar-refractivity contribution in [3.8, 4) is 0 Å². The van der Waals surface area contributed by atoms with Gasteiger partial charge in [0.1, 0.15) is 153 Å². The fourth-order valence-corrected chi connectivity index (χ4v) is 20.4. The van der Waals surface area contributed by atoms with Gasteiger partial charge in [-0.05, 0) is 111 Å². The van der Waals surface area contributed by atoms with Gasteiger partial charge in [0.2, 0.25) is 6.29 Å². The Balaban J connectivity index is 0.814. The maximum absolute atomic E-state index is 15.9. The van der Waals surface area contributed by atoms with E-state index in [1.807, 2.05) is 0 Å². The number of aliphatic hydroxyl groups excluding tert-OH is 18. The molecule has 0 spiro atoms. The summed E-state index contributed by atoms with van der Waals surface area (Å²) in [5.74, 6) is -5.00. The van der Waals surface area contributed by atoms with Crippen molar-refractivity contribution in [1.29, 1.82) is 0 Å². The fraction of sp³-hybridized carbons (Fsp3) is 0.917. The van der Waals surface area contributed by atoms with Gasteiger partial charge < -0.3 is 173 Å². The van der Waals surface area contributed by atoms with Crippen LogP contribution in [0, 0.1) is 50.2 Å². The highest BCUT2D eigenvalue weighted by Gasteiger charge is 2.73. The largest absolute Gasteiger partial charge is 0.479 e. The maximum atomic E-state index is 15.9. The lowest BCUT2D eigenvalue weighted by Gasteiger charge is -2.71. The van der Waals surface area contributed by atoms with Crippen molar-refractivity contribution in [3.05, 3.63) is 11.6 Å². The van der Waals surface area contributed by atoms with E-state index in [2.05, 4.69) is 40.7 Å². The highest BCUT2D eigenvalue weighted by molar-refractivity contribution is 5.80. The van der Waals surface area contributed by atoms with Crippen molar-refractivity contribution in [2.75, 3.05) is 26.4 Å². The van der Waals surface area contributed by atoms with Crippen molar-refractivity contribution in [2.45, 2.75) is 335 Å². The SMILES string of the molecule is CC(=O)OCC1OC(OC2C(O)C(OC3C(OC(=O)C45CCC(C)(C)CC4C4=CCC6C7(C)CCC(OC8OC(C(=O)O)C(O)C(OC9OCC(O)C(O)C9O)C8OC8OC(CO)C(O)C(O)C8O)C(C)(C=O)C7CCC6(C)C4(C)CC5O)OC(C)C(O)C3O)OC(C)C2OC2OCC(O)C(O)C2O)C(O)C(O)C1O. The standard InChI is InChI=1S/C72H112O38/c1-25-38(79)45(86)56(108-63-51(92)54(52(26(2)100-63)104-59-46(87)39(80)30(76)21-97-59)106-62-49(90)44(85)42(83)33(102-62)23-96-27(3)75)64(99-25)110-66(95)72-17-16-67(4,5)18-29(72)28-10-11-35-68(6)14-13-37(69(7,24-74)34(68)12-15-70(35,8)71(28,9)19-36(72)78)103-65-57(109-61-48(89)43(84)41(82)32(20-73)101-61)53(50(91)55(107-65)58(93)94)105-60-47(88)40(81)31(77)22-98-60/h10,24-26,29-57,59-65,73,76-92H,11-23H2,1-9H3,(H,93,94). The number of carbonyl (C=O) groups excluding carboxylic acids is 3. The van der Waals surface area contributed by atoms with Crippen molar-refractivity contribution >= 4 is 24.2 Å². The van der Waals surface area contributed by atoms with Crippen LogP contribution in [0.3, 0.4) is 0 Å². The summed E-state index contributed by atoms with van der Waals surface area (Å²) in [6.45, 7) is 13.3. The Bertz CT molecular complexity index is 3260. The van der Waals surface area contributed by atoms with Gasteiger partial charge in [0.15, 0.2) is 49.9 Å². The van der Waals surface area contributed by atoms with Crippen LogP contribution in [0.5, 0.6) is 0 Å². The topological polar surface area (TPSA) is 591 Å². The Kier molecular flexibility index (Phi) is 25.4. The first-order valence-electron chi connectivity index (χ1n) is 37.9. The van der Waals surface area contributed by atoms with Gasteiger partial charge in [0.05, 0.1) is 49.7 Å². The molecule has 628 valence electrons. The third kappa shape index (κ3) is 15.0. The van der Waals surface area contributed by atoms with Gasteiger partial charge in [-0.15, -0.1) is 0 Å². The molecule has 110 heavy (non-hydrogen) atoms. The Labute approximate surface area is 632 Å². The van der Waals surface area contributed by atoms with Crippen LogP contribution in [-0.2, 0) is 90.2 Å². The number of hydrogen-bond donors (Lipinski definition) is 19. The minimum absolute atomic E-state index is 0.00260. The second-order valence-electron chi connectivity index (χ2n) is 34.2. The number of carbonyl (C=O) groups is 4. The summed E-state index contributed by atoms with van der Waals surface area (Å²) >= 11 is 0. The number of allylic oxidation sites excluding steroid dienone is 2. The van der Waals surface area contributed by atoms with E-state index in [0.717, 1.165) is 18.8 Å². The number of esters is 2. The lowest BCUT2D eigenvalue weighted by Crippen LogP contribution is -2.69. The molecule has 0 bridgehead atoms. The summed E-state index contributed by atoms with van der Waals surface area (Å²) in [5, 5.41) is 211. The van der Waals surface area contributed by atoms with Gasteiger partial charge in [-0.3, -0.25) is 9.59 Å². The second kappa shape index (κ2) is 32.5. The van der Waals surface area contributed by atoms with Crippen LogP contribution >= 0.6 is 0 Å². The fourth-order valence-electron chi connectivity index (χ4n) is 20.4. The highest BCUT2D eigenvalue weighted by Crippen LogP contribution is 2.76. The average Bonchev–Trinajstić information content (AvgIpc) is 0.669. The summed E-state index contributed by atoms with van der Waals surface area (Å²) in [5.41, 5.74) is -5.07. The minimum atomic E-state index is -2.24. The molecule has 0 aromatic carbocycles. The molecule has 7 saturated heterocycles. The number of rotatable bonds is 19. The molecule has 38 heteroatoms. The first-order chi connectivity index (χ1) is 51.5. The normalized spacial score (nSPS) is 53.7. The molecule has 12 aliphatic rings. The van der Waals surface area contributed by atoms with E-state index in [9.17, 15) is 111 Å². The Hall–Kier alpha value is -3.42. The molecule has 4 saturated carbocycles. The smallest absolute Gasteiger partial charge is 0.335 e. The Morgan fingerprint density at radius 3 is 1.64 bits per heavy atom. The molecule has 38 nitrogen and oxygen atoms in total. The number of fused-ring (bicyclic) bond motifs is 7. The number of aldehydes is 1. The predicted octanol–water partition coefficient (Wildman–Crippen LogP) is -6.42. The van der Waals surface area contributed by atoms with E-state index >= 15 is 4.79 Å². The summed E-state index contributed by atoms with van der Waals surface area (Å²) in [6, 6.07) is 0. The van der Waals surface area contributed by atoms with Crippen LogP contribution < -0.4 is 0 Å². The quantitative estimate of drug-likeness (QED) is 0.0247. The molecule has 12 rings (SSSR count). The van der Waals surface area contributed by atoms with Crippen LogP contribution in [0.25, 0.3) is 0 Å². The van der Waals surface area contributed by atoms with Gasteiger partial charge in [0.25, 0.3) is 0 Å². The van der Waals surface area contributed by atoms with Crippen molar-refractivity contribution in [1.82, 2.24) is 0 Å². The molecule has 5 aliphatic carbocycles. The van der Waals surface area contributed by atoms with E-state index in [1.165, 1.54) is 13.8 Å². The van der Waals surface area contributed by atoms with E-state index in [0.29, 0.717) is 38.5 Å². The molecular formula is C72H112O38. The van der Waals surface area contributed by atoms with Crippen molar-refractivity contribution in [2.24, 2.45) is 50.2 Å². The Morgan fingerprint density at radius 2 is 1.05 bits per heavy atom. The number of aliphatic hydroxyl groups is 18. The summed E-state index contributed by atoms with van der Waals surface area (Å²) < 4.78 is 90.1.